The van der Waals surface area contributed by atoms with Crippen molar-refractivity contribution in [2.75, 3.05) is 0 Å². The number of fused-ring (bicyclic) bond motifs is 2. The summed E-state index contributed by atoms with van der Waals surface area (Å²) in [6, 6.07) is 16.4. The van der Waals surface area contributed by atoms with Gasteiger partial charge in [0.25, 0.3) is 0 Å². The van der Waals surface area contributed by atoms with Crippen molar-refractivity contribution >= 4 is 0 Å². The van der Waals surface area contributed by atoms with Crippen molar-refractivity contribution in [1.82, 2.24) is 4.90 Å². The van der Waals surface area contributed by atoms with Gasteiger partial charge in [0.05, 0.1) is 5.60 Å². The second kappa shape index (κ2) is 7.13. The van der Waals surface area contributed by atoms with E-state index in [4.69, 9.17) is 0 Å². The zero-order valence-electron chi connectivity index (χ0n) is 15.5. The molecule has 2 atom stereocenters. The zero-order chi connectivity index (χ0) is 18.1. The minimum absolute atomic E-state index is 0.201. The molecule has 2 aromatic rings. The lowest BCUT2D eigenvalue weighted by Crippen LogP contribution is -2.58. The molecule has 0 radical (unpaired) electrons. The number of rotatable bonds is 4. The minimum atomic E-state index is -0.675. The first-order chi connectivity index (χ1) is 12.5. The van der Waals surface area contributed by atoms with Gasteiger partial charge in [0.1, 0.15) is 5.82 Å². The first-order valence-corrected chi connectivity index (χ1v) is 9.79. The second-order valence-electron chi connectivity index (χ2n) is 8.28. The molecule has 2 fully saturated rings. The van der Waals surface area contributed by atoms with E-state index in [9.17, 15) is 9.50 Å². The van der Waals surface area contributed by atoms with Crippen LogP contribution in [-0.4, -0.2) is 27.7 Å². The van der Waals surface area contributed by atoms with Gasteiger partial charge in [-0.1, -0.05) is 42.8 Å². The molecule has 2 nitrogen and oxygen atoms in total. The van der Waals surface area contributed by atoms with Crippen LogP contribution >= 0.6 is 0 Å². The third kappa shape index (κ3) is 3.70. The van der Waals surface area contributed by atoms with Crippen LogP contribution in [0.4, 0.5) is 4.39 Å². The highest BCUT2D eigenvalue weighted by molar-refractivity contribution is 5.28. The van der Waals surface area contributed by atoms with Crippen LogP contribution in [0.1, 0.15) is 48.8 Å². The smallest absolute Gasteiger partial charge is 0.123 e. The summed E-state index contributed by atoms with van der Waals surface area (Å²) in [5.74, 6) is -0.201. The molecular formula is C23H28FNO. The first kappa shape index (κ1) is 17.7. The Bertz CT molecular complexity index is 746. The van der Waals surface area contributed by atoms with Crippen LogP contribution in [0.15, 0.2) is 48.5 Å². The summed E-state index contributed by atoms with van der Waals surface area (Å²) in [6.45, 7) is 2.91. The van der Waals surface area contributed by atoms with Gasteiger partial charge in [-0.3, -0.25) is 4.90 Å². The predicted octanol–water partition coefficient (Wildman–Crippen LogP) is 4.62. The first-order valence-electron chi connectivity index (χ1n) is 9.79. The van der Waals surface area contributed by atoms with Gasteiger partial charge in [0, 0.05) is 25.0 Å². The Hall–Kier alpha value is -1.71. The number of benzene rings is 2. The summed E-state index contributed by atoms with van der Waals surface area (Å²) in [6.07, 6.45) is 5.83. The quantitative estimate of drug-likeness (QED) is 0.867. The normalized spacial score (nSPS) is 28.9. The Kier molecular flexibility index (Phi) is 4.85. The average Bonchev–Trinajstić information content (AvgIpc) is 2.60. The van der Waals surface area contributed by atoms with Crippen LogP contribution < -0.4 is 0 Å². The lowest BCUT2D eigenvalue weighted by molar-refractivity contribution is -0.0947. The summed E-state index contributed by atoms with van der Waals surface area (Å²) in [5, 5.41) is 11.4. The minimum Gasteiger partial charge on any atom is -0.389 e. The van der Waals surface area contributed by atoms with Crippen molar-refractivity contribution < 1.29 is 9.50 Å². The molecular weight excluding hydrogens is 325 g/mol. The lowest BCUT2D eigenvalue weighted by Gasteiger charge is -2.52. The van der Waals surface area contributed by atoms with Crippen molar-refractivity contribution in [3.63, 3.8) is 0 Å². The van der Waals surface area contributed by atoms with E-state index in [2.05, 4.69) is 35.2 Å². The Morgan fingerprint density at radius 1 is 1.08 bits per heavy atom. The fraction of sp³-hybridized carbons (Fsp3) is 0.478. The van der Waals surface area contributed by atoms with Gasteiger partial charge in [-0.15, -0.1) is 0 Å². The molecule has 0 saturated carbocycles. The van der Waals surface area contributed by atoms with Gasteiger partial charge >= 0.3 is 0 Å². The molecule has 0 spiro atoms. The van der Waals surface area contributed by atoms with E-state index in [-0.39, 0.29) is 5.82 Å². The second-order valence-corrected chi connectivity index (χ2v) is 8.28. The third-order valence-corrected chi connectivity index (χ3v) is 6.28. The Morgan fingerprint density at radius 3 is 2.42 bits per heavy atom. The summed E-state index contributed by atoms with van der Waals surface area (Å²) in [4.78, 5) is 2.62. The molecule has 2 aromatic carbocycles. The van der Waals surface area contributed by atoms with E-state index in [1.807, 2.05) is 13.0 Å². The predicted molar refractivity (Wildman–Crippen MR) is 102 cm³/mol. The van der Waals surface area contributed by atoms with E-state index in [0.717, 1.165) is 43.4 Å². The summed E-state index contributed by atoms with van der Waals surface area (Å²) >= 11 is 0. The van der Waals surface area contributed by atoms with E-state index in [0.29, 0.717) is 18.5 Å². The number of nitrogens with zero attached hydrogens (tertiary/aromatic N) is 1. The van der Waals surface area contributed by atoms with Crippen LogP contribution in [0.25, 0.3) is 0 Å². The number of hydrogen-bond acceptors (Lipinski definition) is 2. The van der Waals surface area contributed by atoms with Crippen LogP contribution in [-0.2, 0) is 13.0 Å². The Labute approximate surface area is 155 Å². The summed E-state index contributed by atoms with van der Waals surface area (Å²) in [5.41, 5.74) is 2.69. The number of hydrogen-bond donors (Lipinski definition) is 1. The SMILES string of the molecule is Cc1cc(F)ccc1CC1(O)CC2CCCC(C1)N2Cc1ccccc1. The van der Waals surface area contributed by atoms with E-state index in [1.165, 1.54) is 18.1 Å². The van der Waals surface area contributed by atoms with Gasteiger partial charge in [0.2, 0.25) is 0 Å². The monoisotopic (exact) mass is 353 g/mol. The molecule has 1 N–H and O–H groups in total. The standard InChI is InChI=1S/C23H28FNO/c1-17-12-20(24)11-10-19(17)13-23(26)14-21-8-5-9-22(15-23)25(21)16-18-6-3-2-4-7-18/h2-4,6-7,10-12,21-22,26H,5,8-9,13-16H2,1H3. The number of aryl methyl sites for hydroxylation is 1. The summed E-state index contributed by atoms with van der Waals surface area (Å²) in [7, 11) is 0. The molecule has 0 aromatic heterocycles. The van der Waals surface area contributed by atoms with Gasteiger partial charge < -0.3 is 5.11 Å². The molecule has 3 heteroatoms. The third-order valence-electron chi connectivity index (χ3n) is 6.28. The molecule has 138 valence electrons. The molecule has 0 aliphatic carbocycles. The van der Waals surface area contributed by atoms with Crippen molar-refractivity contribution in [2.24, 2.45) is 0 Å². The highest BCUT2D eigenvalue weighted by Gasteiger charge is 2.45. The van der Waals surface area contributed by atoms with Crippen molar-refractivity contribution in [3.8, 4) is 0 Å². The molecule has 2 bridgehead atoms. The summed E-state index contributed by atoms with van der Waals surface area (Å²) < 4.78 is 13.4. The number of aliphatic hydroxyl groups is 1. The maximum Gasteiger partial charge on any atom is 0.123 e. The van der Waals surface area contributed by atoms with Crippen molar-refractivity contribution in [2.45, 2.75) is 69.7 Å². The lowest BCUT2D eigenvalue weighted by atomic mass is 9.72. The highest BCUT2D eigenvalue weighted by Crippen LogP contribution is 2.41. The van der Waals surface area contributed by atoms with Crippen LogP contribution in [0, 0.1) is 12.7 Å². The number of halogens is 1. The fourth-order valence-electron chi connectivity index (χ4n) is 5.03. The van der Waals surface area contributed by atoms with Gasteiger partial charge in [-0.25, -0.2) is 4.39 Å². The molecule has 2 aliphatic heterocycles. The topological polar surface area (TPSA) is 23.5 Å². The highest BCUT2D eigenvalue weighted by atomic mass is 19.1. The average molecular weight is 353 g/mol. The van der Waals surface area contributed by atoms with Crippen molar-refractivity contribution in [3.05, 3.63) is 71.0 Å². The molecule has 2 heterocycles. The maximum absolute atomic E-state index is 13.4. The molecule has 0 amide bonds. The van der Waals surface area contributed by atoms with Gasteiger partial charge in [0.15, 0.2) is 0 Å². The number of piperidine rings is 2. The van der Waals surface area contributed by atoms with Crippen LogP contribution in [0.3, 0.4) is 0 Å². The fourth-order valence-corrected chi connectivity index (χ4v) is 5.03. The molecule has 26 heavy (non-hydrogen) atoms. The molecule has 4 rings (SSSR count). The van der Waals surface area contributed by atoms with Gasteiger partial charge in [-0.2, -0.15) is 0 Å². The van der Waals surface area contributed by atoms with Gasteiger partial charge in [-0.05, 0) is 61.4 Å². The van der Waals surface area contributed by atoms with Crippen LogP contribution in [0.5, 0.6) is 0 Å². The Balaban J connectivity index is 1.51. The van der Waals surface area contributed by atoms with Crippen LogP contribution in [0.2, 0.25) is 0 Å². The molecule has 2 aliphatic rings. The van der Waals surface area contributed by atoms with E-state index in [1.54, 1.807) is 6.07 Å². The molecule has 2 saturated heterocycles. The Morgan fingerprint density at radius 2 is 1.77 bits per heavy atom. The van der Waals surface area contributed by atoms with Crippen molar-refractivity contribution in [1.29, 1.82) is 0 Å². The van der Waals surface area contributed by atoms with E-state index >= 15 is 0 Å². The zero-order valence-corrected chi connectivity index (χ0v) is 15.5. The maximum atomic E-state index is 13.4. The largest absolute Gasteiger partial charge is 0.389 e. The van der Waals surface area contributed by atoms with E-state index < -0.39 is 5.60 Å². The molecule has 2 unspecified atom stereocenters.